The Labute approximate surface area is 149 Å². The SMILES string of the molecule is CCn1c(O)c(N=NC(=O)c2ccc3ccccc3n2)c2ccccc21. The second-order valence-electron chi connectivity index (χ2n) is 5.83. The molecular weight excluding hydrogens is 328 g/mol. The lowest BCUT2D eigenvalue weighted by atomic mass is 10.2. The number of carbonyl (C=O) groups excluding carboxylic acids is 1. The molecule has 0 radical (unpaired) electrons. The molecule has 0 aliphatic rings. The minimum absolute atomic E-state index is 0.00304. The molecule has 0 saturated carbocycles. The van der Waals surface area contributed by atoms with Crippen LogP contribution in [0.3, 0.4) is 0 Å². The van der Waals surface area contributed by atoms with E-state index in [1.54, 1.807) is 10.6 Å². The van der Waals surface area contributed by atoms with Gasteiger partial charge in [-0.3, -0.25) is 4.79 Å². The first-order valence-electron chi connectivity index (χ1n) is 8.31. The summed E-state index contributed by atoms with van der Waals surface area (Å²) in [6.45, 7) is 2.51. The van der Waals surface area contributed by atoms with Gasteiger partial charge in [-0.25, -0.2) is 4.98 Å². The monoisotopic (exact) mass is 344 g/mol. The van der Waals surface area contributed by atoms with E-state index in [1.165, 1.54) is 0 Å². The molecule has 6 heteroatoms. The lowest BCUT2D eigenvalue weighted by molar-refractivity contribution is 0.0990. The predicted molar refractivity (Wildman–Crippen MR) is 99.9 cm³/mol. The van der Waals surface area contributed by atoms with E-state index in [9.17, 15) is 9.90 Å². The van der Waals surface area contributed by atoms with Gasteiger partial charge in [0.25, 0.3) is 0 Å². The van der Waals surface area contributed by atoms with Gasteiger partial charge in [0.05, 0.1) is 11.0 Å². The Morgan fingerprint density at radius 3 is 2.69 bits per heavy atom. The number of benzene rings is 2. The largest absolute Gasteiger partial charge is 0.493 e. The number of azo groups is 1. The highest BCUT2D eigenvalue weighted by molar-refractivity contribution is 5.97. The van der Waals surface area contributed by atoms with Gasteiger partial charge < -0.3 is 9.67 Å². The molecule has 1 N–H and O–H groups in total. The first-order chi connectivity index (χ1) is 12.7. The Bertz CT molecular complexity index is 1160. The van der Waals surface area contributed by atoms with Crippen LogP contribution in [0.25, 0.3) is 21.8 Å². The summed E-state index contributed by atoms with van der Waals surface area (Å²) in [6.07, 6.45) is 0. The smallest absolute Gasteiger partial charge is 0.313 e. The molecule has 2 aromatic heterocycles. The number of hydrogen-bond acceptors (Lipinski definition) is 4. The maximum Gasteiger partial charge on any atom is 0.313 e. The minimum Gasteiger partial charge on any atom is -0.493 e. The summed E-state index contributed by atoms with van der Waals surface area (Å²) >= 11 is 0. The first-order valence-corrected chi connectivity index (χ1v) is 8.31. The molecule has 0 atom stereocenters. The molecule has 4 aromatic rings. The highest BCUT2D eigenvalue weighted by Gasteiger charge is 2.16. The van der Waals surface area contributed by atoms with Gasteiger partial charge >= 0.3 is 5.91 Å². The molecule has 4 rings (SSSR count). The molecule has 0 fully saturated rings. The van der Waals surface area contributed by atoms with Crippen LogP contribution in [0.2, 0.25) is 0 Å². The van der Waals surface area contributed by atoms with Gasteiger partial charge in [0.1, 0.15) is 5.69 Å². The summed E-state index contributed by atoms with van der Waals surface area (Å²) in [5.41, 5.74) is 2.07. The van der Waals surface area contributed by atoms with Crippen molar-refractivity contribution in [2.45, 2.75) is 13.5 Å². The topological polar surface area (TPSA) is 79.8 Å². The van der Waals surface area contributed by atoms with Crippen molar-refractivity contribution in [2.75, 3.05) is 0 Å². The standard InChI is InChI=1S/C20H16N4O2/c1-2-24-17-10-6-4-8-14(17)18(20(24)26)22-23-19(25)16-12-11-13-7-3-5-9-15(13)21-16/h3-12,26H,2H2,1H3. The van der Waals surface area contributed by atoms with Gasteiger partial charge in [-0.1, -0.05) is 42.5 Å². The molecular formula is C20H16N4O2. The van der Waals surface area contributed by atoms with Crippen molar-refractivity contribution in [3.63, 3.8) is 0 Å². The van der Waals surface area contributed by atoms with Crippen LogP contribution < -0.4 is 0 Å². The predicted octanol–water partition coefficient (Wildman–Crippen LogP) is 4.84. The van der Waals surface area contributed by atoms with E-state index in [-0.39, 0.29) is 17.3 Å². The van der Waals surface area contributed by atoms with Crippen molar-refractivity contribution in [2.24, 2.45) is 10.2 Å². The van der Waals surface area contributed by atoms with Crippen molar-refractivity contribution in [1.82, 2.24) is 9.55 Å². The summed E-state index contributed by atoms with van der Waals surface area (Å²) in [7, 11) is 0. The fourth-order valence-corrected chi connectivity index (χ4v) is 3.02. The van der Waals surface area contributed by atoms with Gasteiger partial charge in [0.2, 0.25) is 5.88 Å². The van der Waals surface area contributed by atoms with Crippen LogP contribution in [0.4, 0.5) is 5.69 Å². The third-order valence-electron chi connectivity index (χ3n) is 4.29. The molecule has 0 aliphatic carbocycles. The van der Waals surface area contributed by atoms with Gasteiger partial charge in [-0.2, -0.15) is 0 Å². The highest BCUT2D eigenvalue weighted by atomic mass is 16.3. The van der Waals surface area contributed by atoms with E-state index < -0.39 is 5.91 Å². The molecule has 0 unspecified atom stereocenters. The highest BCUT2D eigenvalue weighted by Crippen LogP contribution is 2.38. The van der Waals surface area contributed by atoms with Crippen LogP contribution in [-0.4, -0.2) is 20.6 Å². The Morgan fingerprint density at radius 1 is 1.08 bits per heavy atom. The van der Waals surface area contributed by atoms with E-state index in [0.29, 0.717) is 6.54 Å². The minimum atomic E-state index is -0.552. The van der Waals surface area contributed by atoms with E-state index in [0.717, 1.165) is 21.8 Å². The lowest BCUT2D eigenvalue weighted by Crippen LogP contribution is -1.97. The van der Waals surface area contributed by atoms with Crippen LogP contribution >= 0.6 is 0 Å². The summed E-state index contributed by atoms with van der Waals surface area (Å²) in [5, 5.41) is 19.9. The molecule has 0 aliphatic heterocycles. The summed E-state index contributed by atoms with van der Waals surface area (Å²) in [6, 6.07) is 18.5. The molecule has 0 bridgehead atoms. The number of para-hydroxylation sites is 2. The van der Waals surface area contributed by atoms with Crippen molar-refractivity contribution >= 4 is 33.4 Å². The number of aromatic nitrogens is 2. The number of rotatable bonds is 3. The zero-order valence-corrected chi connectivity index (χ0v) is 14.1. The normalized spacial score (nSPS) is 11.6. The number of nitrogens with zero attached hydrogens (tertiary/aromatic N) is 4. The van der Waals surface area contributed by atoms with Crippen molar-refractivity contribution in [1.29, 1.82) is 0 Å². The third kappa shape index (κ3) is 2.61. The number of aryl methyl sites for hydroxylation is 1. The zero-order valence-electron chi connectivity index (χ0n) is 14.1. The van der Waals surface area contributed by atoms with Crippen LogP contribution in [0.15, 0.2) is 70.9 Å². The Kier molecular flexibility index (Phi) is 3.93. The Hall–Kier alpha value is -3.54. The summed E-state index contributed by atoms with van der Waals surface area (Å²) in [4.78, 5) is 16.7. The molecule has 26 heavy (non-hydrogen) atoms. The maximum atomic E-state index is 12.4. The van der Waals surface area contributed by atoms with Gasteiger partial charge in [-0.05, 0) is 25.1 Å². The summed E-state index contributed by atoms with van der Waals surface area (Å²) < 4.78 is 1.72. The van der Waals surface area contributed by atoms with Crippen molar-refractivity contribution < 1.29 is 9.90 Å². The molecule has 1 amide bonds. The number of amides is 1. The zero-order chi connectivity index (χ0) is 18.1. The van der Waals surface area contributed by atoms with E-state index >= 15 is 0 Å². The molecule has 2 aromatic carbocycles. The van der Waals surface area contributed by atoms with Gasteiger partial charge in [-0.15, -0.1) is 10.2 Å². The van der Waals surface area contributed by atoms with Gasteiger partial charge in [0, 0.05) is 17.3 Å². The second kappa shape index (κ2) is 6.40. The van der Waals surface area contributed by atoms with Crippen molar-refractivity contribution in [3.05, 3.63) is 66.4 Å². The van der Waals surface area contributed by atoms with E-state index in [2.05, 4.69) is 15.2 Å². The van der Waals surface area contributed by atoms with Crippen molar-refractivity contribution in [3.8, 4) is 5.88 Å². The van der Waals surface area contributed by atoms with Crippen LogP contribution in [0.1, 0.15) is 17.4 Å². The number of fused-ring (bicyclic) bond motifs is 2. The summed E-state index contributed by atoms with van der Waals surface area (Å²) in [5.74, 6) is -0.555. The maximum absolute atomic E-state index is 12.4. The van der Waals surface area contributed by atoms with E-state index in [1.807, 2.05) is 61.5 Å². The van der Waals surface area contributed by atoms with E-state index in [4.69, 9.17) is 0 Å². The van der Waals surface area contributed by atoms with Crippen LogP contribution in [0.5, 0.6) is 5.88 Å². The van der Waals surface area contributed by atoms with Crippen LogP contribution in [0, 0.1) is 0 Å². The molecule has 128 valence electrons. The fraction of sp³-hybridized carbons (Fsp3) is 0.100. The van der Waals surface area contributed by atoms with Crippen LogP contribution in [-0.2, 0) is 6.54 Å². The molecule has 2 heterocycles. The average Bonchev–Trinajstić information content (AvgIpc) is 2.96. The quantitative estimate of drug-likeness (QED) is 0.540. The Balaban J connectivity index is 1.72. The number of carbonyl (C=O) groups is 1. The first kappa shape index (κ1) is 16.0. The molecule has 6 nitrogen and oxygen atoms in total. The molecule has 0 saturated heterocycles. The second-order valence-corrected chi connectivity index (χ2v) is 5.83. The van der Waals surface area contributed by atoms with Gasteiger partial charge in [0.15, 0.2) is 5.69 Å². The number of hydrogen-bond donors (Lipinski definition) is 1. The fourth-order valence-electron chi connectivity index (χ4n) is 3.02. The number of pyridine rings is 1. The Morgan fingerprint density at radius 2 is 1.85 bits per heavy atom. The molecule has 0 spiro atoms. The number of aromatic hydroxyl groups is 1. The average molecular weight is 344 g/mol. The lowest BCUT2D eigenvalue weighted by Gasteiger charge is -2.01. The third-order valence-corrected chi connectivity index (χ3v) is 4.29.